The second-order valence-corrected chi connectivity index (χ2v) is 2.07. The van der Waals surface area contributed by atoms with Crippen LogP contribution in [0.4, 0.5) is 4.79 Å². The van der Waals surface area contributed by atoms with E-state index in [0.717, 1.165) is 0 Å². The molecule has 0 fully saturated rings. The Bertz CT molecular complexity index is 76.1. The van der Waals surface area contributed by atoms with Crippen molar-refractivity contribution in [1.29, 1.82) is 0 Å². The van der Waals surface area contributed by atoms with Gasteiger partial charge in [0.1, 0.15) is 0 Å². The van der Waals surface area contributed by atoms with E-state index in [1.54, 1.807) is 0 Å². The summed E-state index contributed by atoms with van der Waals surface area (Å²) in [6.07, 6.45) is -2.08. The van der Waals surface area contributed by atoms with Crippen LogP contribution in [0.15, 0.2) is 0 Å². The fourth-order valence-corrected chi connectivity index (χ4v) is 0. The van der Waals surface area contributed by atoms with Gasteiger partial charge in [0.15, 0.2) is 0 Å². The van der Waals surface area contributed by atoms with Gasteiger partial charge in [-0.15, -0.1) is 0 Å². The molecule has 10 heavy (non-hydrogen) atoms. The Morgan fingerprint density at radius 2 is 1.20 bits per heavy atom. The molecule has 0 bridgehead atoms. The third-order valence-electron chi connectivity index (χ3n) is 0. The van der Waals surface area contributed by atoms with Crippen molar-refractivity contribution in [1.82, 2.24) is 0 Å². The maximum atomic E-state index is 8.44. The quantitative estimate of drug-likeness (QED) is 0.233. The second-order valence-electron chi connectivity index (χ2n) is 0.866. The Hall–Kier alpha value is 0.327. The van der Waals surface area contributed by atoms with Gasteiger partial charge in [0.25, 0.3) is 0 Å². The first-order chi connectivity index (χ1) is 3.73. The molecule has 0 aliphatic rings. The number of carbonyl (C=O) groups is 1. The van der Waals surface area contributed by atoms with E-state index in [1.807, 2.05) is 0 Å². The summed E-state index contributed by atoms with van der Waals surface area (Å²) in [6, 6.07) is 0. The number of hydrogen-bond acceptors (Lipinski definition) is 6. The molecule has 0 aromatic rings. The molecule has 0 spiro atoms. The Balaban J connectivity index is -0.0000000910. The van der Waals surface area contributed by atoms with Crippen LogP contribution in [-0.4, -0.2) is 39.5 Å². The Kier molecular flexibility index (Phi) is 12.4. The van der Waals surface area contributed by atoms with Gasteiger partial charge in [-0.1, -0.05) is 0 Å². The standard InChI is InChI=1S/CH2O3.Na.H4O4Si/c2-1(3)4;;1-5(2,3)4/h(H2,2,3,4);;1-4H/q;+1;/p-1. The first-order valence-corrected chi connectivity index (χ1v) is 3.32. The molecule has 0 aromatic heterocycles. The molecule has 0 unspecified atom stereocenters. The summed E-state index contributed by atoms with van der Waals surface area (Å²) in [5.41, 5.74) is 0. The van der Waals surface area contributed by atoms with Crippen LogP contribution in [0.2, 0.25) is 0 Å². The zero-order chi connectivity index (χ0) is 8.08. The van der Waals surface area contributed by atoms with Crippen LogP contribution in [0.25, 0.3) is 0 Å². The molecule has 0 aliphatic heterocycles. The van der Waals surface area contributed by atoms with Crippen LogP contribution in [0, 0.1) is 0 Å². The summed E-state index contributed by atoms with van der Waals surface area (Å²) >= 11 is 0. The average molecular weight is 180 g/mol. The molecular formula is CH5NaO7Si. The maximum absolute atomic E-state index is 8.44. The van der Waals surface area contributed by atoms with Gasteiger partial charge in [-0.25, -0.2) is 0 Å². The molecular weight excluding hydrogens is 175 g/mol. The van der Waals surface area contributed by atoms with Gasteiger partial charge in [0.05, 0.1) is 0 Å². The molecule has 0 heterocycles. The first kappa shape index (κ1) is 16.7. The van der Waals surface area contributed by atoms with Crippen LogP contribution in [0.1, 0.15) is 0 Å². The van der Waals surface area contributed by atoms with Gasteiger partial charge >= 0.3 is 38.6 Å². The van der Waals surface area contributed by atoms with Gasteiger partial charge in [-0.05, 0) is 0 Å². The molecule has 7 nitrogen and oxygen atoms in total. The van der Waals surface area contributed by atoms with Crippen LogP contribution < -0.4 is 34.7 Å². The number of rotatable bonds is 0. The molecule has 5 N–H and O–H groups in total. The number of carboxylic acid groups (broad SMARTS) is 2. The summed E-state index contributed by atoms with van der Waals surface area (Å²) < 4.78 is 0. The third kappa shape index (κ3) is 4180. The molecule has 0 aliphatic carbocycles. The Labute approximate surface area is 79.0 Å². The zero-order valence-corrected chi connectivity index (χ0v) is 8.05. The SMILES string of the molecule is O=C([O-])O.O[Si](O)(O)O.[Na+]. The fourth-order valence-electron chi connectivity index (χ4n) is 0. The van der Waals surface area contributed by atoms with Gasteiger partial charge < -0.3 is 34.2 Å². The largest absolute Gasteiger partial charge is 1.00 e. The molecule has 0 saturated carbocycles. The van der Waals surface area contributed by atoms with E-state index in [-0.39, 0.29) is 29.6 Å². The van der Waals surface area contributed by atoms with Crippen molar-refractivity contribution in [3.8, 4) is 0 Å². The fraction of sp³-hybridized carbons (Fsp3) is 0. The van der Waals surface area contributed by atoms with E-state index in [0.29, 0.717) is 0 Å². The van der Waals surface area contributed by atoms with Crippen molar-refractivity contribution in [3.63, 3.8) is 0 Å². The minimum Gasteiger partial charge on any atom is -0.565 e. The van der Waals surface area contributed by atoms with Crippen molar-refractivity contribution < 1.29 is 63.7 Å². The molecule has 0 aromatic carbocycles. The number of hydrogen-bond donors (Lipinski definition) is 5. The monoisotopic (exact) mass is 180 g/mol. The van der Waals surface area contributed by atoms with E-state index in [4.69, 9.17) is 34.2 Å². The van der Waals surface area contributed by atoms with E-state index in [9.17, 15) is 0 Å². The summed E-state index contributed by atoms with van der Waals surface area (Å²) in [6.45, 7) is 0. The second kappa shape index (κ2) is 7.43. The normalized spacial score (nSPS) is 8.40. The van der Waals surface area contributed by atoms with Crippen LogP contribution >= 0.6 is 0 Å². The first-order valence-electron chi connectivity index (χ1n) is 1.53. The molecule has 0 amide bonds. The summed E-state index contributed by atoms with van der Waals surface area (Å²) in [4.78, 5) is 37.8. The maximum Gasteiger partial charge on any atom is 1.00 e. The minimum atomic E-state index is -4.61. The van der Waals surface area contributed by atoms with Gasteiger partial charge in [0.2, 0.25) is 6.16 Å². The van der Waals surface area contributed by atoms with Crippen molar-refractivity contribution in [2.75, 3.05) is 0 Å². The van der Waals surface area contributed by atoms with Crippen LogP contribution in [0.3, 0.4) is 0 Å². The van der Waals surface area contributed by atoms with E-state index >= 15 is 0 Å². The van der Waals surface area contributed by atoms with Gasteiger partial charge in [0, 0.05) is 0 Å². The minimum absolute atomic E-state index is 0. The van der Waals surface area contributed by atoms with Gasteiger partial charge in [-0.2, -0.15) is 0 Å². The molecule has 9 heteroatoms. The molecule has 0 rings (SSSR count). The smallest absolute Gasteiger partial charge is 0.565 e. The summed E-state index contributed by atoms with van der Waals surface area (Å²) in [7, 11) is -4.61. The molecule has 0 saturated heterocycles. The molecule has 56 valence electrons. The third-order valence-corrected chi connectivity index (χ3v) is 0. The van der Waals surface area contributed by atoms with E-state index in [2.05, 4.69) is 0 Å². The molecule has 0 atom stereocenters. The van der Waals surface area contributed by atoms with Gasteiger partial charge in [-0.3, -0.25) is 0 Å². The summed E-state index contributed by atoms with van der Waals surface area (Å²) in [5.74, 6) is 0. The average Bonchev–Trinajstić information content (AvgIpc) is 1.19. The van der Waals surface area contributed by atoms with Crippen molar-refractivity contribution in [2.24, 2.45) is 0 Å². The van der Waals surface area contributed by atoms with Crippen LogP contribution in [-0.2, 0) is 0 Å². The van der Waals surface area contributed by atoms with Crippen molar-refractivity contribution in [2.45, 2.75) is 0 Å². The predicted octanol–water partition coefficient (Wildman–Crippen LogP) is -6.72. The zero-order valence-electron chi connectivity index (χ0n) is 5.05. The van der Waals surface area contributed by atoms with Crippen LogP contribution in [0.5, 0.6) is 0 Å². The van der Waals surface area contributed by atoms with Crippen molar-refractivity contribution >= 4 is 15.2 Å². The van der Waals surface area contributed by atoms with Crippen molar-refractivity contribution in [3.05, 3.63) is 0 Å². The Morgan fingerprint density at radius 3 is 1.20 bits per heavy atom. The van der Waals surface area contributed by atoms with E-state index < -0.39 is 15.2 Å². The predicted molar refractivity (Wildman–Crippen MR) is 22.7 cm³/mol. The van der Waals surface area contributed by atoms with E-state index in [1.165, 1.54) is 0 Å². The molecule has 0 radical (unpaired) electrons. The summed E-state index contributed by atoms with van der Waals surface area (Å²) in [5, 5.41) is 15.3. The Morgan fingerprint density at radius 1 is 1.20 bits per heavy atom. The topological polar surface area (TPSA) is 141 Å².